The van der Waals surface area contributed by atoms with Gasteiger partial charge in [-0.3, -0.25) is 0 Å². The molecule has 0 amide bonds. The van der Waals surface area contributed by atoms with Crippen molar-refractivity contribution >= 4 is 0 Å². The largest absolute Gasteiger partial charge is 0.316 e. The predicted octanol–water partition coefficient (Wildman–Crippen LogP) is 2.20. The maximum atomic E-state index is 5.20. The Hall–Kier alpha value is -0.740. The lowest BCUT2D eigenvalue weighted by atomic mass is 9.94. The first kappa shape index (κ1) is 9.80. The third-order valence-electron chi connectivity index (χ3n) is 3.50. The molecule has 3 atom stereocenters. The number of allylic oxidation sites excluding steroid dienone is 2. The number of fused-ring (bicyclic) bond motifs is 2. The Morgan fingerprint density at radius 1 is 1.36 bits per heavy atom. The lowest BCUT2D eigenvalue weighted by Crippen LogP contribution is -2.26. The molecular weight excluding hydrogens is 170 g/mol. The van der Waals surface area contributed by atoms with Crippen LogP contribution in [-0.4, -0.2) is 13.1 Å². The van der Waals surface area contributed by atoms with Gasteiger partial charge in [-0.2, -0.15) is 0 Å². The van der Waals surface area contributed by atoms with Crippen LogP contribution in [0.25, 0.3) is 0 Å². The lowest BCUT2D eigenvalue weighted by Gasteiger charge is -2.18. The van der Waals surface area contributed by atoms with Gasteiger partial charge in [-0.05, 0) is 50.1 Å². The first-order chi connectivity index (χ1) is 6.90. The second kappa shape index (κ2) is 4.66. The van der Waals surface area contributed by atoms with Crippen LogP contribution in [0.4, 0.5) is 0 Å². The van der Waals surface area contributed by atoms with Gasteiger partial charge in [0.05, 0.1) is 0 Å². The number of nitrogens with one attached hydrogen (secondary N) is 1. The van der Waals surface area contributed by atoms with E-state index in [0.717, 1.165) is 37.1 Å². The highest BCUT2D eigenvalue weighted by molar-refractivity contribution is 5.10. The summed E-state index contributed by atoms with van der Waals surface area (Å²) in [5.41, 5.74) is 0. The molecule has 14 heavy (non-hydrogen) atoms. The average Bonchev–Trinajstić information content (AvgIpc) is 2.79. The number of hydrogen-bond donors (Lipinski definition) is 1. The molecule has 0 radical (unpaired) electrons. The van der Waals surface area contributed by atoms with Crippen molar-refractivity contribution in [3.63, 3.8) is 0 Å². The van der Waals surface area contributed by atoms with Crippen LogP contribution in [0, 0.1) is 30.1 Å². The Balaban J connectivity index is 1.59. The first-order valence-electron chi connectivity index (χ1n) is 5.72. The third-order valence-corrected chi connectivity index (χ3v) is 3.50. The molecule has 1 heteroatoms. The molecule has 3 unspecified atom stereocenters. The van der Waals surface area contributed by atoms with Crippen molar-refractivity contribution in [3.8, 4) is 12.3 Å². The molecule has 1 saturated carbocycles. The van der Waals surface area contributed by atoms with E-state index in [1.54, 1.807) is 0 Å². The van der Waals surface area contributed by atoms with Crippen LogP contribution < -0.4 is 5.32 Å². The predicted molar refractivity (Wildman–Crippen MR) is 59.8 cm³/mol. The van der Waals surface area contributed by atoms with Gasteiger partial charge < -0.3 is 5.32 Å². The summed E-state index contributed by atoms with van der Waals surface area (Å²) in [4.78, 5) is 0. The maximum Gasteiger partial charge on any atom is 0.00981 e. The molecule has 76 valence electrons. The van der Waals surface area contributed by atoms with Crippen molar-refractivity contribution in [2.45, 2.75) is 25.7 Å². The summed E-state index contributed by atoms with van der Waals surface area (Å²) < 4.78 is 0. The standard InChI is InChI=1S/C13H19N/c1-2-3-4-7-14-10-13-9-11-5-6-12(13)8-11/h1,5-6,11-14H,3-4,7-10H2. The van der Waals surface area contributed by atoms with E-state index in [2.05, 4.69) is 23.4 Å². The topological polar surface area (TPSA) is 12.0 Å². The fourth-order valence-corrected chi connectivity index (χ4v) is 2.73. The summed E-state index contributed by atoms with van der Waals surface area (Å²) in [5, 5.41) is 3.52. The summed E-state index contributed by atoms with van der Waals surface area (Å²) in [6.45, 7) is 2.28. The Labute approximate surface area is 87.0 Å². The van der Waals surface area contributed by atoms with E-state index in [4.69, 9.17) is 6.42 Å². The van der Waals surface area contributed by atoms with Crippen molar-refractivity contribution in [3.05, 3.63) is 12.2 Å². The van der Waals surface area contributed by atoms with E-state index in [1.165, 1.54) is 19.4 Å². The minimum absolute atomic E-state index is 0.875. The number of hydrogen-bond acceptors (Lipinski definition) is 1. The molecule has 2 aliphatic rings. The fourth-order valence-electron chi connectivity index (χ4n) is 2.73. The molecular formula is C13H19N. The normalized spacial score (nSPS) is 33.5. The van der Waals surface area contributed by atoms with Gasteiger partial charge in [0, 0.05) is 6.42 Å². The van der Waals surface area contributed by atoms with Gasteiger partial charge >= 0.3 is 0 Å². The van der Waals surface area contributed by atoms with E-state index in [1.807, 2.05) is 0 Å². The molecule has 0 aromatic heterocycles. The van der Waals surface area contributed by atoms with E-state index in [0.29, 0.717) is 0 Å². The van der Waals surface area contributed by atoms with E-state index < -0.39 is 0 Å². The molecule has 0 aromatic carbocycles. The number of unbranched alkanes of at least 4 members (excludes halogenated alkanes) is 1. The highest BCUT2D eigenvalue weighted by Crippen LogP contribution is 2.42. The van der Waals surface area contributed by atoms with Crippen LogP contribution in [0.3, 0.4) is 0 Å². The maximum absolute atomic E-state index is 5.20. The van der Waals surface area contributed by atoms with Crippen molar-refractivity contribution in [2.24, 2.45) is 17.8 Å². The smallest absolute Gasteiger partial charge is 0.00981 e. The second-order valence-electron chi connectivity index (χ2n) is 4.55. The zero-order valence-corrected chi connectivity index (χ0v) is 8.71. The molecule has 1 N–H and O–H groups in total. The van der Waals surface area contributed by atoms with Gasteiger partial charge in [0.2, 0.25) is 0 Å². The van der Waals surface area contributed by atoms with Crippen LogP contribution in [0.5, 0.6) is 0 Å². The van der Waals surface area contributed by atoms with Gasteiger partial charge in [-0.25, -0.2) is 0 Å². The summed E-state index contributed by atoms with van der Waals surface area (Å²) >= 11 is 0. The van der Waals surface area contributed by atoms with Gasteiger partial charge in [0.25, 0.3) is 0 Å². The van der Waals surface area contributed by atoms with Crippen molar-refractivity contribution in [1.82, 2.24) is 5.32 Å². The molecule has 0 aliphatic heterocycles. The quantitative estimate of drug-likeness (QED) is 0.397. The summed E-state index contributed by atoms with van der Waals surface area (Å²) in [5.74, 6) is 5.35. The molecule has 0 heterocycles. The highest BCUT2D eigenvalue weighted by Gasteiger charge is 2.34. The Kier molecular flexibility index (Phi) is 3.26. The zero-order valence-electron chi connectivity index (χ0n) is 8.71. The van der Waals surface area contributed by atoms with E-state index in [9.17, 15) is 0 Å². The Bertz CT molecular complexity index is 248. The van der Waals surface area contributed by atoms with Crippen LogP contribution in [0.2, 0.25) is 0 Å². The Morgan fingerprint density at radius 3 is 2.93 bits per heavy atom. The number of terminal acetylenes is 1. The third kappa shape index (κ3) is 2.19. The molecule has 1 fully saturated rings. The van der Waals surface area contributed by atoms with Gasteiger partial charge in [-0.1, -0.05) is 12.2 Å². The highest BCUT2D eigenvalue weighted by atomic mass is 14.9. The average molecular weight is 189 g/mol. The number of rotatable bonds is 5. The van der Waals surface area contributed by atoms with Gasteiger partial charge in [0.1, 0.15) is 0 Å². The SMILES string of the molecule is C#CCCCNCC1CC2C=CC1C2. The van der Waals surface area contributed by atoms with E-state index in [-0.39, 0.29) is 0 Å². The molecule has 0 spiro atoms. The van der Waals surface area contributed by atoms with Crippen LogP contribution >= 0.6 is 0 Å². The monoisotopic (exact) mass is 189 g/mol. The van der Waals surface area contributed by atoms with E-state index >= 15 is 0 Å². The summed E-state index contributed by atoms with van der Waals surface area (Å²) in [6.07, 6.45) is 14.9. The Morgan fingerprint density at radius 2 is 2.29 bits per heavy atom. The van der Waals surface area contributed by atoms with Crippen molar-refractivity contribution in [1.29, 1.82) is 0 Å². The molecule has 1 nitrogen and oxygen atoms in total. The van der Waals surface area contributed by atoms with Gasteiger partial charge in [0.15, 0.2) is 0 Å². The molecule has 2 rings (SSSR count). The van der Waals surface area contributed by atoms with Crippen LogP contribution in [-0.2, 0) is 0 Å². The van der Waals surface area contributed by atoms with Crippen molar-refractivity contribution < 1.29 is 0 Å². The minimum atomic E-state index is 0.875. The summed E-state index contributed by atoms with van der Waals surface area (Å²) in [6, 6.07) is 0. The van der Waals surface area contributed by atoms with Crippen LogP contribution in [0.15, 0.2) is 12.2 Å². The van der Waals surface area contributed by atoms with Gasteiger partial charge in [-0.15, -0.1) is 12.3 Å². The minimum Gasteiger partial charge on any atom is -0.316 e. The molecule has 2 aliphatic carbocycles. The van der Waals surface area contributed by atoms with Crippen molar-refractivity contribution in [2.75, 3.05) is 13.1 Å². The van der Waals surface area contributed by atoms with Crippen LogP contribution in [0.1, 0.15) is 25.7 Å². The first-order valence-corrected chi connectivity index (χ1v) is 5.72. The molecule has 2 bridgehead atoms. The summed E-state index contributed by atoms with van der Waals surface area (Å²) in [7, 11) is 0. The second-order valence-corrected chi connectivity index (χ2v) is 4.55. The lowest BCUT2D eigenvalue weighted by molar-refractivity contribution is 0.414. The zero-order chi connectivity index (χ0) is 9.80. The molecule has 0 aromatic rings. The fraction of sp³-hybridized carbons (Fsp3) is 0.692. The molecule has 0 saturated heterocycles.